The molecule has 0 saturated heterocycles. The summed E-state index contributed by atoms with van der Waals surface area (Å²) < 4.78 is 22.0. The van der Waals surface area contributed by atoms with Crippen molar-refractivity contribution in [2.45, 2.75) is 101 Å². The van der Waals surface area contributed by atoms with Crippen LogP contribution in [0, 0.1) is 0 Å². The Bertz CT molecular complexity index is 513. The first-order valence-corrected chi connectivity index (χ1v) is 16.7. The summed E-state index contributed by atoms with van der Waals surface area (Å²) in [5.41, 5.74) is 0.324. The van der Waals surface area contributed by atoms with E-state index in [0.29, 0.717) is 18.8 Å². The zero-order valence-electron chi connectivity index (χ0n) is 19.2. The van der Waals surface area contributed by atoms with Gasteiger partial charge in [-0.3, -0.25) is 0 Å². The maximum absolute atomic E-state index is 11.5. The first-order chi connectivity index (χ1) is 13.5. The molecule has 0 spiro atoms. The molecule has 1 N–H and O–H groups in total. The molecule has 0 aromatic carbocycles. The molecule has 0 aliphatic carbocycles. The Morgan fingerprint density at radius 3 is 1.88 bits per heavy atom. The smallest absolute Gasteiger partial charge is 0.407 e. The van der Waals surface area contributed by atoms with Gasteiger partial charge in [0, 0.05) is 12.2 Å². The lowest BCUT2D eigenvalue weighted by Crippen LogP contribution is -2.44. The standard InChI is InChI=1S/C20H41NO6Si2.4CH4/c1-8-9-16-28(4,5)27-29(6,7)17-10-12-24-14-15-26-20(23)21-11-13-25-19(22)18(2)3;;;;/h2,8-17H2,1,3-7H3,(H,21,23);4*1H4. The summed E-state index contributed by atoms with van der Waals surface area (Å²) in [5, 5.41) is 2.50. The molecular formula is C24H57NO6Si2. The Kier molecular flexibility index (Phi) is 28.8. The molecule has 0 heterocycles. The highest BCUT2D eigenvalue weighted by Gasteiger charge is 2.31. The van der Waals surface area contributed by atoms with E-state index >= 15 is 0 Å². The van der Waals surface area contributed by atoms with E-state index in [0.717, 1.165) is 12.5 Å². The van der Waals surface area contributed by atoms with E-state index in [9.17, 15) is 9.59 Å². The third-order valence-corrected chi connectivity index (χ3v) is 11.7. The number of rotatable bonds is 16. The van der Waals surface area contributed by atoms with Gasteiger partial charge in [-0.15, -0.1) is 0 Å². The van der Waals surface area contributed by atoms with Gasteiger partial charge in [0.15, 0.2) is 16.6 Å². The van der Waals surface area contributed by atoms with E-state index in [4.69, 9.17) is 18.3 Å². The van der Waals surface area contributed by atoms with E-state index in [1.54, 1.807) is 6.92 Å². The van der Waals surface area contributed by atoms with Crippen LogP contribution < -0.4 is 5.32 Å². The molecule has 0 aromatic heterocycles. The monoisotopic (exact) mass is 511 g/mol. The lowest BCUT2D eigenvalue weighted by molar-refractivity contribution is -0.138. The number of nitrogens with one attached hydrogen (secondary N) is 1. The molecule has 7 nitrogen and oxygen atoms in total. The number of ether oxygens (including phenoxy) is 3. The number of hydrogen-bond donors (Lipinski definition) is 1. The quantitative estimate of drug-likeness (QED) is 0.104. The van der Waals surface area contributed by atoms with Crippen LogP contribution in [0.2, 0.25) is 38.3 Å². The molecule has 0 aromatic rings. The van der Waals surface area contributed by atoms with Gasteiger partial charge in [0.1, 0.15) is 13.2 Å². The number of esters is 1. The lowest BCUT2D eigenvalue weighted by atomic mass is 10.4. The highest BCUT2D eigenvalue weighted by Crippen LogP contribution is 2.24. The summed E-state index contributed by atoms with van der Waals surface area (Å²) in [7, 11) is -3.22. The molecule has 0 saturated carbocycles. The van der Waals surface area contributed by atoms with E-state index in [1.165, 1.54) is 18.9 Å². The molecule has 9 heteroatoms. The minimum Gasteiger partial charge on any atom is -0.460 e. The Balaban J connectivity index is -0.000000653. The number of carbonyl (C=O) groups excluding carboxylic acids is 2. The van der Waals surface area contributed by atoms with Crippen LogP contribution in [0.4, 0.5) is 4.79 Å². The zero-order valence-corrected chi connectivity index (χ0v) is 21.2. The molecule has 0 rings (SSSR count). The Hall–Kier alpha value is -1.17. The predicted octanol–water partition coefficient (Wildman–Crippen LogP) is 7.01. The van der Waals surface area contributed by atoms with E-state index in [-0.39, 0.29) is 49.5 Å². The first kappa shape index (κ1) is 42.0. The molecule has 0 unspecified atom stereocenters. The maximum atomic E-state index is 11.5. The summed E-state index contributed by atoms with van der Waals surface area (Å²) in [5.74, 6) is -0.475. The fourth-order valence-corrected chi connectivity index (χ4v) is 11.8. The van der Waals surface area contributed by atoms with Crippen LogP contribution in [-0.2, 0) is 23.1 Å². The average Bonchev–Trinajstić information content (AvgIpc) is 2.61. The van der Waals surface area contributed by atoms with E-state index in [1.807, 2.05) is 0 Å². The van der Waals surface area contributed by atoms with Gasteiger partial charge in [0.2, 0.25) is 0 Å². The molecule has 0 bridgehead atoms. The van der Waals surface area contributed by atoms with Crippen LogP contribution in [0.3, 0.4) is 0 Å². The summed E-state index contributed by atoms with van der Waals surface area (Å²) in [6.45, 7) is 17.9. The highest BCUT2D eigenvalue weighted by atomic mass is 28.4. The molecule has 202 valence electrons. The Labute approximate surface area is 208 Å². The van der Waals surface area contributed by atoms with Crippen LogP contribution in [0.25, 0.3) is 0 Å². The van der Waals surface area contributed by atoms with Crippen LogP contribution in [0.15, 0.2) is 12.2 Å². The third kappa shape index (κ3) is 25.3. The van der Waals surface area contributed by atoms with Gasteiger partial charge < -0.3 is 23.6 Å². The van der Waals surface area contributed by atoms with Crippen molar-refractivity contribution in [3.8, 4) is 0 Å². The van der Waals surface area contributed by atoms with E-state index < -0.39 is 28.7 Å². The van der Waals surface area contributed by atoms with Crippen molar-refractivity contribution in [3.05, 3.63) is 12.2 Å². The Morgan fingerprint density at radius 2 is 1.36 bits per heavy atom. The molecule has 0 radical (unpaired) electrons. The highest BCUT2D eigenvalue weighted by molar-refractivity contribution is 6.84. The normalized spacial score (nSPS) is 10.4. The fraction of sp³-hybridized carbons (Fsp3) is 0.833. The van der Waals surface area contributed by atoms with Crippen molar-refractivity contribution >= 4 is 28.7 Å². The number of unbranched alkanes of at least 4 members (excludes halogenated alkanes) is 1. The minimum atomic E-state index is -1.66. The number of alkyl carbamates (subject to hydrolysis) is 1. The largest absolute Gasteiger partial charge is 0.460 e. The fourth-order valence-electron chi connectivity index (χ4n) is 2.82. The molecule has 0 aliphatic heterocycles. The van der Waals surface area contributed by atoms with Crippen molar-refractivity contribution in [3.63, 3.8) is 0 Å². The number of carbonyl (C=O) groups is 2. The second kappa shape index (κ2) is 22.6. The van der Waals surface area contributed by atoms with E-state index in [2.05, 4.69) is 45.0 Å². The summed E-state index contributed by atoms with van der Waals surface area (Å²) in [4.78, 5) is 22.7. The maximum Gasteiger partial charge on any atom is 0.407 e. The van der Waals surface area contributed by atoms with Gasteiger partial charge in [0.05, 0.1) is 13.2 Å². The van der Waals surface area contributed by atoms with Gasteiger partial charge in [-0.05, 0) is 51.6 Å². The molecule has 33 heavy (non-hydrogen) atoms. The summed E-state index contributed by atoms with van der Waals surface area (Å²) in [6, 6.07) is 2.30. The topological polar surface area (TPSA) is 83.1 Å². The van der Waals surface area contributed by atoms with Crippen molar-refractivity contribution in [2.75, 3.05) is 33.0 Å². The number of amides is 1. The molecule has 0 atom stereocenters. The molecule has 1 amide bonds. The average molecular weight is 512 g/mol. The van der Waals surface area contributed by atoms with Gasteiger partial charge in [-0.1, -0.05) is 56.1 Å². The van der Waals surface area contributed by atoms with Crippen molar-refractivity contribution in [2.24, 2.45) is 0 Å². The second-order valence-corrected chi connectivity index (χ2v) is 17.3. The van der Waals surface area contributed by atoms with Crippen LogP contribution >= 0.6 is 0 Å². The lowest BCUT2D eigenvalue weighted by Gasteiger charge is -2.34. The van der Waals surface area contributed by atoms with Crippen molar-refractivity contribution in [1.29, 1.82) is 0 Å². The molecular weight excluding hydrogens is 454 g/mol. The van der Waals surface area contributed by atoms with Crippen LogP contribution in [0.1, 0.15) is 62.8 Å². The minimum absolute atomic E-state index is 0. The van der Waals surface area contributed by atoms with Crippen LogP contribution in [-0.4, -0.2) is 61.7 Å². The molecule has 0 fully saturated rings. The third-order valence-electron chi connectivity index (χ3n) is 4.17. The van der Waals surface area contributed by atoms with Crippen LogP contribution in [0.5, 0.6) is 0 Å². The predicted molar refractivity (Wildman–Crippen MR) is 148 cm³/mol. The van der Waals surface area contributed by atoms with Gasteiger partial charge >= 0.3 is 12.1 Å². The van der Waals surface area contributed by atoms with Gasteiger partial charge in [-0.2, -0.15) is 0 Å². The van der Waals surface area contributed by atoms with Crippen molar-refractivity contribution in [1.82, 2.24) is 5.32 Å². The number of hydrogen-bond acceptors (Lipinski definition) is 6. The van der Waals surface area contributed by atoms with Gasteiger partial charge in [-0.25, -0.2) is 9.59 Å². The first-order valence-electron chi connectivity index (χ1n) is 10.5. The van der Waals surface area contributed by atoms with Gasteiger partial charge in [0.25, 0.3) is 0 Å². The summed E-state index contributed by atoms with van der Waals surface area (Å²) >= 11 is 0. The molecule has 0 aliphatic rings. The zero-order chi connectivity index (χ0) is 22.3. The second-order valence-electron chi connectivity index (χ2n) is 8.42. The SMILES string of the molecule is C.C.C.C.C=C(C)C(=O)OCCNC(=O)OCCOCCC[Si](C)(C)O[Si](C)(C)CCCC. The Morgan fingerprint density at radius 1 is 0.818 bits per heavy atom. The van der Waals surface area contributed by atoms with Crippen molar-refractivity contribution < 1.29 is 27.9 Å². The summed E-state index contributed by atoms with van der Waals surface area (Å²) in [6.07, 6.45) is 2.87.